The van der Waals surface area contributed by atoms with Gasteiger partial charge in [-0.05, 0) is 43.4 Å². The quantitative estimate of drug-likeness (QED) is 0.802. The van der Waals surface area contributed by atoms with E-state index in [9.17, 15) is 0 Å². The van der Waals surface area contributed by atoms with Gasteiger partial charge in [0.05, 0.1) is 12.5 Å². The number of anilines is 1. The molecular formula is C15H22N2. The molecule has 0 amide bonds. The molecule has 1 aromatic rings. The average Bonchev–Trinajstić information content (AvgIpc) is 2.29. The molecule has 17 heavy (non-hydrogen) atoms. The van der Waals surface area contributed by atoms with Gasteiger partial charge in [0.2, 0.25) is 0 Å². The van der Waals surface area contributed by atoms with Gasteiger partial charge in [0.15, 0.2) is 0 Å². The van der Waals surface area contributed by atoms with E-state index in [0.29, 0.717) is 12.5 Å². The molecule has 2 heteroatoms. The molecule has 0 aliphatic carbocycles. The van der Waals surface area contributed by atoms with Crippen molar-refractivity contribution in [1.82, 2.24) is 0 Å². The first-order valence-corrected chi connectivity index (χ1v) is 6.34. The molecule has 2 nitrogen and oxygen atoms in total. The number of nitriles is 1. The summed E-state index contributed by atoms with van der Waals surface area (Å²) in [5.74, 6) is 0.761. The largest absolute Gasteiger partial charge is 0.383 e. The maximum Gasteiger partial charge on any atom is 0.0669 e. The lowest BCUT2D eigenvalue weighted by Crippen LogP contribution is -2.15. The predicted molar refractivity (Wildman–Crippen MR) is 72.9 cm³/mol. The monoisotopic (exact) mass is 230 g/mol. The molecule has 0 radical (unpaired) electrons. The van der Waals surface area contributed by atoms with Crippen LogP contribution < -0.4 is 5.32 Å². The van der Waals surface area contributed by atoms with Crippen molar-refractivity contribution in [2.24, 2.45) is 5.92 Å². The number of hydrogen-bond donors (Lipinski definition) is 1. The van der Waals surface area contributed by atoms with Gasteiger partial charge >= 0.3 is 0 Å². The molecule has 0 aliphatic rings. The average molecular weight is 230 g/mol. The normalized spacial score (nSPS) is 12.2. The first-order chi connectivity index (χ1) is 8.11. The number of nitrogens with zero attached hydrogens (tertiary/aromatic N) is 1. The summed E-state index contributed by atoms with van der Waals surface area (Å²) < 4.78 is 0. The maximum atomic E-state index is 8.59. The highest BCUT2D eigenvalue weighted by molar-refractivity contribution is 5.45. The van der Waals surface area contributed by atoms with Gasteiger partial charge in [-0.25, -0.2) is 0 Å². The molecular weight excluding hydrogens is 208 g/mol. The molecule has 0 bridgehead atoms. The Kier molecular flexibility index (Phi) is 5.56. The van der Waals surface area contributed by atoms with E-state index in [1.54, 1.807) is 0 Å². The van der Waals surface area contributed by atoms with Gasteiger partial charge in [-0.1, -0.05) is 26.0 Å². The van der Waals surface area contributed by atoms with Crippen LogP contribution in [0, 0.1) is 17.2 Å². The first kappa shape index (κ1) is 13.6. The Morgan fingerprint density at radius 2 is 1.76 bits per heavy atom. The minimum absolute atomic E-state index is 0.489. The van der Waals surface area contributed by atoms with Gasteiger partial charge in [-0.3, -0.25) is 0 Å². The van der Waals surface area contributed by atoms with Crippen LogP contribution in [-0.4, -0.2) is 6.04 Å². The van der Waals surface area contributed by atoms with Crippen LogP contribution in [0.5, 0.6) is 0 Å². The number of benzene rings is 1. The van der Waals surface area contributed by atoms with Crippen LogP contribution in [0.4, 0.5) is 5.69 Å². The summed E-state index contributed by atoms with van der Waals surface area (Å²) in [5.41, 5.74) is 2.22. The van der Waals surface area contributed by atoms with Crippen LogP contribution in [0.15, 0.2) is 24.3 Å². The van der Waals surface area contributed by atoms with Crippen molar-refractivity contribution in [3.8, 4) is 6.07 Å². The summed E-state index contributed by atoms with van der Waals surface area (Å²) in [6.45, 7) is 6.72. The minimum Gasteiger partial charge on any atom is -0.383 e. The molecule has 1 atom stereocenters. The lowest BCUT2D eigenvalue weighted by Gasteiger charge is -2.16. The van der Waals surface area contributed by atoms with Gasteiger partial charge in [-0.2, -0.15) is 5.26 Å². The van der Waals surface area contributed by atoms with Gasteiger partial charge in [0.1, 0.15) is 0 Å². The molecule has 0 aromatic heterocycles. The van der Waals surface area contributed by atoms with Crippen molar-refractivity contribution in [3.05, 3.63) is 29.8 Å². The molecule has 1 rings (SSSR count). The maximum absolute atomic E-state index is 8.59. The summed E-state index contributed by atoms with van der Waals surface area (Å²) in [6.07, 6.45) is 2.93. The number of hydrogen-bond acceptors (Lipinski definition) is 2. The molecule has 1 aromatic carbocycles. The Labute approximate surface area is 105 Å². The molecule has 0 aliphatic heterocycles. The SMILES string of the molecule is CC(C)CCC(C)Nc1ccc(CC#N)cc1. The topological polar surface area (TPSA) is 35.8 Å². The van der Waals surface area contributed by atoms with Crippen molar-refractivity contribution >= 4 is 5.69 Å². The Morgan fingerprint density at radius 3 is 2.29 bits per heavy atom. The Hall–Kier alpha value is -1.49. The summed E-state index contributed by atoms with van der Waals surface area (Å²) in [4.78, 5) is 0. The van der Waals surface area contributed by atoms with Crippen LogP contribution >= 0.6 is 0 Å². The van der Waals surface area contributed by atoms with Crippen LogP contribution in [0.2, 0.25) is 0 Å². The third-order valence-corrected chi connectivity index (χ3v) is 2.83. The molecule has 1 unspecified atom stereocenters. The fourth-order valence-corrected chi connectivity index (χ4v) is 1.75. The highest BCUT2D eigenvalue weighted by Gasteiger charge is 2.03. The zero-order valence-electron chi connectivity index (χ0n) is 11.0. The van der Waals surface area contributed by atoms with E-state index in [4.69, 9.17) is 5.26 Å². The molecule has 0 spiro atoms. The van der Waals surface area contributed by atoms with Crippen LogP contribution in [0.1, 0.15) is 39.2 Å². The van der Waals surface area contributed by atoms with E-state index in [0.717, 1.165) is 17.2 Å². The lowest BCUT2D eigenvalue weighted by molar-refractivity contribution is 0.528. The second-order valence-electron chi connectivity index (χ2n) is 5.05. The third-order valence-electron chi connectivity index (χ3n) is 2.83. The van der Waals surface area contributed by atoms with E-state index in [-0.39, 0.29) is 0 Å². The van der Waals surface area contributed by atoms with Gasteiger partial charge < -0.3 is 5.32 Å². The smallest absolute Gasteiger partial charge is 0.0669 e. The van der Waals surface area contributed by atoms with E-state index in [2.05, 4.69) is 44.3 Å². The third kappa shape index (κ3) is 5.40. The van der Waals surface area contributed by atoms with Gasteiger partial charge in [0, 0.05) is 11.7 Å². The molecule has 1 N–H and O–H groups in total. The Bertz CT molecular complexity index is 360. The Morgan fingerprint density at radius 1 is 1.12 bits per heavy atom. The van der Waals surface area contributed by atoms with Crippen molar-refractivity contribution in [2.75, 3.05) is 5.32 Å². The van der Waals surface area contributed by atoms with Gasteiger partial charge in [0.25, 0.3) is 0 Å². The number of rotatable bonds is 6. The van der Waals surface area contributed by atoms with Gasteiger partial charge in [-0.15, -0.1) is 0 Å². The molecule has 0 saturated carbocycles. The summed E-state index contributed by atoms with van der Waals surface area (Å²) >= 11 is 0. The minimum atomic E-state index is 0.489. The van der Waals surface area contributed by atoms with Crippen molar-refractivity contribution in [3.63, 3.8) is 0 Å². The molecule has 0 heterocycles. The zero-order chi connectivity index (χ0) is 12.7. The standard InChI is InChI=1S/C15H22N2/c1-12(2)4-5-13(3)17-15-8-6-14(7-9-15)10-11-16/h6-9,12-13,17H,4-5,10H2,1-3H3. The summed E-state index contributed by atoms with van der Waals surface area (Å²) in [7, 11) is 0. The molecule has 92 valence electrons. The highest BCUT2D eigenvalue weighted by atomic mass is 14.9. The summed E-state index contributed by atoms with van der Waals surface area (Å²) in [6, 6.07) is 10.8. The van der Waals surface area contributed by atoms with Crippen molar-refractivity contribution in [2.45, 2.75) is 46.1 Å². The Balaban J connectivity index is 2.43. The molecule has 0 saturated heterocycles. The predicted octanol–water partition coefficient (Wildman–Crippen LogP) is 3.99. The highest BCUT2D eigenvalue weighted by Crippen LogP contribution is 2.14. The number of nitrogens with one attached hydrogen (secondary N) is 1. The fraction of sp³-hybridized carbons (Fsp3) is 0.533. The van der Waals surface area contributed by atoms with Crippen molar-refractivity contribution in [1.29, 1.82) is 5.26 Å². The van der Waals surface area contributed by atoms with Crippen LogP contribution in [-0.2, 0) is 6.42 Å². The second-order valence-corrected chi connectivity index (χ2v) is 5.05. The lowest BCUT2D eigenvalue weighted by atomic mass is 10.0. The second kappa shape index (κ2) is 6.96. The van der Waals surface area contributed by atoms with E-state index in [1.807, 2.05) is 12.1 Å². The van der Waals surface area contributed by atoms with Crippen LogP contribution in [0.3, 0.4) is 0 Å². The first-order valence-electron chi connectivity index (χ1n) is 6.34. The summed E-state index contributed by atoms with van der Waals surface area (Å²) in [5, 5.41) is 12.1. The van der Waals surface area contributed by atoms with Crippen molar-refractivity contribution < 1.29 is 0 Å². The molecule has 0 fully saturated rings. The zero-order valence-corrected chi connectivity index (χ0v) is 11.0. The van der Waals surface area contributed by atoms with E-state index >= 15 is 0 Å². The fourth-order valence-electron chi connectivity index (χ4n) is 1.75. The van der Waals surface area contributed by atoms with E-state index in [1.165, 1.54) is 12.8 Å². The van der Waals surface area contributed by atoms with E-state index < -0.39 is 0 Å². The van der Waals surface area contributed by atoms with Crippen LogP contribution in [0.25, 0.3) is 0 Å².